The average molecular weight is 499 g/mol. The van der Waals surface area contributed by atoms with Crippen molar-refractivity contribution in [1.29, 1.82) is 0 Å². The van der Waals surface area contributed by atoms with E-state index < -0.39 is 0 Å². The van der Waals surface area contributed by atoms with Crippen LogP contribution in [0.2, 0.25) is 10.0 Å². The molecule has 0 fully saturated rings. The lowest BCUT2D eigenvalue weighted by Crippen LogP contribution is -2.47. The molecule has 0 radical (unpaired) electrons. The first kappa shape index (κ1) is 23.6. The monoisotopic (exact) mass is 498 g/mol. The van der Waals surface area contributed by atoms with Crippen LogP contribution in [-0.2, 0) is 11.2 Å². The fraction of sp³-hybridized carbons (Fsp3) is 0.231. The minimum Gasteiger partial charge on any atom is -0.330 e. The Morgan fingerprint density at radius 1 is 1.18 bits per heavy atom. The number of amides is 2. The van der Waals surface area contributed by atoms with Gasteiger partial charge in [-0.25, -0.2) is 0 Å². The van der Waals surface area contributed by atoms with Gasteiger partial charge < -0.3 is 9.80 Å². The van der Waals surface area contributed by atoms with Gasteiger partial charge in [0.2, 0.25) is 5.91 Å². The summed E-state index contributed by atoms with van der Waals surface area (Å²) >= 11 is 14.4. The zero-order chi connectivity index (χ0) is 23.5. The van der Waals surface area contributed by atoms with E-state index in [1.807, 2.05) is 41.5 Å². The lowest BCUT2D eigenvalue weighted by Gasteiger charge is -2.38. The van der Waals surface area contributed by atoms with Gasteiger partial charge in [0.1, 0.15) is 6.54 Å². The predicted molar refractivity (Wildman–Crippen MR) is 135 cm³/mol. The Balaban J connectivity index is 1.65. The molecule has 1 aliphatic heterocycles. The molecular formula is C26H24Cl2N2O2S. The number of carbonyl (C=O) groups is 2. The van der Waals surface area contributed by atoms with Crippen molar-refractivity contribution < 1.29 is 9.59 Å². The van der Waals surface area contributed by atoms with Crippen molar-refractivity contribution >= 4 is 46.4 Å². The van der Waals surface area contributed by atoms with Crippen molar-refractivity contribution in [2.24, 2.45) is 0 Å². The first-order chi connectivity index (χ1) is 15.9. The molecule has 3 aromatic rings. The van der Waals surface area contributed by atoms with Crippen LogP contribution < -0.4 is 0 Å². The van der Waals surface area contributed by atoms with Crippen LogP contribution in [0.4, 0.5) is 0 Å². The molecule has 170 valence electrons. The van der Waals surface area contributed by atoms with E-state index in [9.17, 15) is 9.59 Å². The van der Waals surface area contributed by atoms with Crippen molar-refractivity contribution in [3.63, 3.8) is 0 Å². The summed E-state index contributed by atoms with van der Waals surface area (Å²) < 4.78 is 0. The number of aryl methyl sites for hydroxylation is 1. The van der Waals surface area contributed by atoms with Crippen LogP contribution in [0.3, 0.4) is 0 Å². The van der Waals surface area contributed by atoms with Gasteiger partial charge in [0.05, 0.1) is 6.04 Å². The van der Waals surface area contributed by atoms with E-state index in [2.05, 4.69) is 12.6 Å². The molecule has 1 aromatic heterocycles. The topological polar surface area (TPSA) is 40.6 Å². The quantitative estimate of drug-likeness (QED) is 0.381. The van der Waals surface area contributed by atoms with Gasteiger partial charge in [0.25, 0.3) is 5.91 Å². The molecule has 0 saturated carbocycles. The molecule has 7 heteroatoms. The Morgan fingerprint density at radius 2 is 1.97 bits per heavy atom. The van der Waals surface area contributed by atoms with Crippen LogP contribution in [0.5, 0.6) is 0 Å². The third kappa shape index (κ3) is 4.86. The number of hydrogen-bond donors (Lipinski definition) is 0. The number of rotatable bonds is 6. The van der Waals surface area contributed by atoms with Crippen LogP contribution in [0.1, 0.15) is 38.0 Å². The third-order valence-electron chi connectivity index (χ3n) is 5.88. The Kier molecular flexibility index (Phi) is 7.23. The number of nitrogens with zero attached hydrogens (tertiary/aromatic N) is 2. The normalized spacial score (nSPS) is 15.1. The number of hydrogen-bond acceptors (Lipinski definition) is 3. The maximum Gasteiger partial charge on any atom is 0.254 e. The standard InChI is InChI=1S/C26H24Cl2N2O2S/c1-3-12-29(26(32)19-7-5-4-6-17(19)2)16-24(31)30-13-10-23-21(11-14-33-23)25(30)20-9-8-18(27)15-22(20)28/h3-9,11,14-15,25H,1,10,12-13,16H2,2H3. The van der Waals surface area contributed by atoms with E-state index in [0.717, 1.165) is 23.1 Å². The fourth-order valence-corrected chi connectivity index (χ4v) is 5.67. The number of thiophene rings is 1. The van der Waals surface area contributed by atoms with Crippen molar-refractivity contribution in [3.05, 3.63) is 104 Å². The van der Waals surface area contributed by atoms with Gasteiger partial charge in [-0.3, -0.25) is 9.59 Å². The molecule has 4 rings (SSSR count). The Labute approximate surface area is 208 Å². The summed E-state index contributed by atoms with van der Waals surface area (Å²) in [5, 5.41) is 3.11. The molecule has 0 N–H and O–H groups in total. The Morgan fingerprint density at radius 3 is 2.70 bits per heavy atom. The van der Waals surface area contributed by atoms with Gasteiger partial charge in [0.15, 0.2) is 0 Å². The first-order valence-electron chi connectivity index (χ1n) is 10.7. The van der Waals surface area contributed by atoms with Crippen molar-refractivity contribution in [2.45, 2.75) is 19.4 Å². The molecule has 0 saturated heterocycles. The Bertz CT molecular complexity index is 1210. The number of benzene rings is 2. The molecule has 0 spiro atoms. The lowest BCUT2D eigenvalue weighted by molar-refractivity contribution is -0.133. The molecule has 1 atom stereocenters. The van der Waals surface area contributed by atoms with E-state index in [1.54, 1.807) is 40.5 Å². The maximum atomic E-state index is 13.6. The largest absolute Gasteiger partial charge is 0.330 e. The smallest absolute Gasteiger partial charge is 0.254 e. The van der Waals surface area contributed by atoms with Crippen LogP contribution >= 0.6 is 34.5 Å². The second-order valence-corrected chi connectivity index (χ2v) is 9.84. The summed E-state index contributed by atoms with van der Waals surface area (Å²) in [6.07, 6.45) is 2.41. The van der Waals surface area contributed by atoms with E-state index in [-0.39, 0.29) is 30.9 Å². The molecular weight excluding hydrogens is 475 g/mol. The van der Waals surface area contributed by atoms with Crippen LogP contribution in [-0.4, -0.2) is 41.2 Å². The minimum absolute atomic E-state index is 0.0413. The molecule has 33 heavy (non-hydrogen) atoms. The maximum absolute atomic E-state index is 13.6. The second kappa shape index (κ2) is 10.1. The lowest BCUT2D eigenvalue weighted by atomic mass is 9.93. The number of halogens is 2. The molecule has 1 unspecified atom stereocenters. The highest BCUT2D eigenvalue weighted by Crippen LogP contribution is 2.41. The second-order valence-electron chi connectivity index (χ2n) is 7.99. The van der Waals surface area contributed by atoms with E-state index in [4.69, 9.17) is 23.2 Å². The highest BCUT2D eigenvalue weighted by atomic mass is 35.5. The fourth-order valence-electron chi connectivity index (χ4n) is 4.26. The average Bonchev–Trinajstić information content (AvgIpc) is 3.27. The summed E-state index contributed by atoms with van der Waals surface area (Å²) in [6, 6.07) is 14.5. The molecule has 0 aliphatic carbocycles. The first-order valence-corrected chi connectivity index (χ1v) is 12.3. The summed E-state index contributed by atoms with van der Waals surface area (Å²) in [4.78, 5) is 31.5. The van der Waals surface area contributed by atoms with E-state index >= 15 is 0 Å². The van der Waals surface area contributed by atoms with Gasteiger partial charge in [0, 0.05) is 33.6 Å². The molecule has 2 heterocycles. The zero-order valence-electron chi connectivity index (χ0n) is 18.3. The van der Waals surface area contributed by atoms with Gasteiger partial charge in [-0.2, -0.15) is 0 Å². The highest BCUT2D eigenvalue weighted by Gasteiger charge is 2.35. The van der Waals surface area contributed by atoms with E-state index in [0.29, 0.717) is 22.2 Å². The van der Waals surface area contributed by atoms with Gasteiger partial charge in [-0.05, 0) is 59.7 Å². The molecule has 4 nitrogen and oxygen atoms in total. The zero-order valence-corrected chi connectivity index (χ0v) is 20.6. The van der Waals surface area contributed by atoms with Crippen LogP contribution in [0, 0.1) is 6.92 Å². The SMILES string of the molecule is C=CCN(CC(=O)N1CCc2sccc2C1c1ccc(Cl)cc1Cl)C(=O)c1ccccc1C. The van der Waals surface area contributed by atoms with Gasteiger partial charge in [-0.15, -0.1) is 17.9 Å². The number of fused-ring (bicyclic) bond motifs is 1. The van der Waals surface area contributed by atoms with Crippen molar-refractivity contribution in [2.75, 3.05) is 19.6 Å². The van der Waals surface area contributed by atoms with Gasteiger partial charge in [-0.1, -0.05) is 53.5 Å². The minimum atomic E-state index is -0.323. The summed E-state index contributed by atoms with van der Waals surface area (Å²) in [5.41, 5.74) is 3.36. The molecule has 0 bridgehead atoms. The van der Waals surface area contributed by atoms with Crippen molar-refractivity contribution in [1.82, 2.24) is 9.80 Å². The summed E-state index contributed by atoms with van der Waals surface area (Å²) in [5.74, 6) is -0.317. The molecule has 2 amide bonds. The van der Waals surface area contributed by atoms with Crippen LogP contribution in [0.15, 0.2) is 66.6 Å². The summed E-state index contributed by atoms with van der Waals surface area (Å²) in [6.45, 7) is 6.46. The Hall–Kier alpha value is -2.60. The molecule has 1 aliphatic rings. The van der Waals surface area contributed by atoms with Crippen LogP contribution in [0.25, 0.3) is 0 Å². The summed E-state index contributed by atoms with van der Waals surface area (Å²) in [7, 11) is 0. The van der Waals surface area contributed by atoms with Crippen molar-refractivity contribution in [3.8, 4) is 0 Å². The highest BCUT2D eigenvalue weighted by molar-refractivity contribution is 7.10. The number of carbonyl (C=O) groups excluding carboxylic acids is 2. The van der Waals surface area contributed by atoms with E-state index in [1.165, 1.54) is 4.88 Å². The third-order valence-corrected chi connectivity index (χ3v) is 7.44. The predicted octanol–water partition coefficient (Wildman–Crippen LogP) is 6.17. The molecule has 2 aromatic carbocycles. The van der Waals surface area contributed by atoms with Gasteiger partial charge >= 0.3 is 0 Å².